The number of carbonyl (C=O) groups excluding carboxylic acids is 1. The van der Waals surface area contributed by atoms with Crippen molar-refractivity contribution < 1.29 is 22.5 Å². The lowest BCUT2D eigenvalue weighted by atomic mass is 9.89. The normalized spacial score (nSPS) is 25.3. The molecule has 1 saturated carbocycles. The number of esters is 1. The SMILES string of the molecule is COC(=O)C1CCN(S(=O)(=O)c2cc(C3CC3)no2)C1(C)C. The fourth-order valence-corrected chi connectivity index (χ4v) is 4.82. The largest absolute Gasteiger partial charge is 0.469 e. The molecule has 0 radical (unpaired) electrons. The summed E-state index contributed by atoms with van der Waals surface area (Å²) in [6.07, 6.45) is 2.47. The Balaban J connectivity index is 1.89. The third kappa shape index (κ3) is 2.34. The molecule has 1 unspecified atom stereocenters. The predicted molar refractivity (Wildman–Crippen MR) is 76.6 cm³/mol. The van der Waals surface area contributed by atoms with Gasteiger partial charge in [-0.2, -0.15) is 4.31 Å². The summed E-state index contributed by atoms with van der Waals surface area (Å²) >= 11 is 0. The van der Waals surface area contributed by atoms with E-state index in [-0.39, 0.29) is 17.6 Å². The second-order valence-corrected chi connectivity index (χ2v) is 8.23. The summed E-state index contributed by atoms with van der Waals surface area (Å²) in [5, 5.41) is 3.72. The molecule has 1 aromatic rings. The summed E-state index contributed by atoms with van der Waals surface area (Å²) in [7, 11) is -2.50. The molecular weight excluding hydrogens is 308 g/mol. The molecule has 122 valence electrons. The molecule has 1 aliphatic carbocycles. The highest BCUT2D eigenvalue weighted by atomic mass is 32.2. The van der Waals surface area contributed by atoms with Crippen LogP contribution in [0.1, 0.15) is 44.7 Å². The molecule has 1 aliphatic heterocycles. The number of hydrogen-bond donors (Lipinski definition) is 0. The zero-order chi connectivity index (χ0) is 16.1. The summed E-state index contributed by atoms with van der Waals surface area (Å²) in [5.74, 6) is -0.556. The summed E-state index contributed by atoms with van der Waals surface area (Å²) in [5.41, 5.74) is -0.168. The van der Waals surface area contributed by atoms with Gasteiger partial charge in [-0.15, -0.1) is 0 Å². The molecular formula is C14H20N2O5S. The molecule has 22 heavy (non-hydrogen) atoms. The molecule has 0 spiro atoms. The molecule has 1 aromatic heterocycles. The molecule has 0 aromatic carbocycles. The van der Waals surface area contributed by atoms with Gasteiger partial charge in [0, 0.05) is 24.1 Å². The van der Waals surface area contributed by atoms with Crippen LogP contribution in [0.5, 0.6) is 0 Å². The number of ether oxygens (including phenoxy) is 1. The fraction of sp³-hybridized carbons (Fsp3) is 0.714. The van der Waals surface area contributed by atoms with Crippen LogP contribution in [0.25, 0.3) is 0 Å². The highest BCUT2D eigenvalue weighted by molar-refractivity contribution is 7.89. The van der Waals surface area contributed by atoms with Crippen molar-refractivity contribution in [3.05, 3.63) is 11.8 Å². The Morgan fingerprint density at radius 1 is 1.41 bits per heavy atom. The topological polar surface area (TPSA) is 89.7 Å². The average molecular weight is 328 g/mol. The minimum absolute atomic E-state index is 0.145. The van der Waals surface area contributed by atoms with Crippen LogP contribution < -0.4 is 0 Å². The fourth-order valence-electron chi connectivity index (χ4n) is 3.11. The third-order valence-electron chi connectivity index (χ3n) is 4.65. The molecule has 0 bridgehead atoms. The van der Waals surface area contributed by atoms with Gasteiger partial charge in [0.25, 0.3) is 15.1 Å². The molecule has 3 rings (SSSR count). The van der Waals surface area contributed by atoms with E-state index in [0.29, 0.717) is 18.0 Å². The highest BCUT2D eigenvalue weighted by Crippen LogP contribution is 2.42. The molecule has 2 heterocycles. The van der Waals surface area contributed by atoms with E-state index in [2.05, 4.69) is 5.16 Å². The quantitative estimate of drug-likeness (QED) is 0.778. The predicted octanol–water partition coefficient (Wildman–Crippen LogP) is 1.51. The van der Waals surface area contributed by atoms with Crippen molar-refractivity contribution in [2.24, 2.45) is 5.92 Å². The van der Waals surface area contributed by atoms with Gasteiger partial charge in [-0.1, -0.05) is 5.16 Å². The van der Waals surface area contributed by atoms with Crippen LogP contribution in [0.2, 0.25) is 0 Å². The van der Waals surface area contributed by atoms with Crippen molar-refractivity contribution in [1.82, 2.24) is 9.46 Å². The first kappa shape index (κ1) is 15.5. The Bertz CT molecular complexity index is 690. The van der Waals surface area contributed by atoms with Gasteiger partial charge in [-0.05, 0) is 33.1 Å². The van der Waals surface area contributed by atoms with E-state index >= 15 is 0 Å². The number of aromatic nitrogens is 1. The summed E-state index contributed by atoms with van der Waals surface area (Å²) < 4.78 is 36.8. The van der Waals surface area contributed by atoms with E-state index in [1.165, 1.54) is 17.5 Å². The maximum absolute atomic E-state index is 12.8. The number of carbonyl (C=O) groups is 1. The Kier molecular flexibility index (Phi) is 3.56. The lowest BCUT2D eigenvalue weighted by Gasteiger charge is -2.32. The van der Waals surface area contributed by atoms with Crippen LogP contribution in [0.4, 0.5) is 0 Å². The van der Waals surface area contributed by atoms with Crippen LogP contribution in [0.15, 0.2) is 15.7 Å². The van der Waals surface area contributed by atoms with Gasteiger partial charge in [0.05, 0.1) is 18.7 Å². The van der Waals surface area contributed by atoms with Gasteiger partial charge in [0.2, 0.25) is 0 Å². The first-order valence-electron chi connectivity index (χ1n) is 7.35. The van der Waals surface area contributed by atoms with Crippen molar-refractivity contribution in [1.29, 1.82) is 0 Å². The van der Waals surface area contributed by atoms with Crippen molar-refractivity contribution in [2.45, 2.75) is 49.7 Å². The number of nitrogens with zero attached hydrogens (tertiary/aromatic N) is 2. The molecule has 2 aliphatic rings. The van der Waals surface area contributed by atoms with Gasteiger partial charge >= 0.3 is 5.97 Å². The summed E-state index contributed by atoms with van der Waals surface area (Å²) in [6, 6.07) is 1.51. The van der Waals surface area contributed by atoms with Gasteiger partial charge in [0.1, 0.15) is 0 Å². The molecule has 8 heteroatoms. The van der Waals surface area contributed by atoms with Crippen molar-refractivity contribution in [3.8, 4) is 0 Å². The van der Waals surface area contributed by atoms with Gasteiger partial charge < -0.3 is 9.26 Å². The van der Waals surface area contributed by atoms with E-state index < -0.39 is 21.5 Å². The number of hydrogen-bond acceptors (Lipinski definition) is 6. The molecule has 7 nitrogen and oxygen atoms in total. The van der Waals surface area contributed by atoms with Gasteiger partial charge in [-0.3, -0.25) is 4.79 Å². The van der Waals surface area contributed by atoms with E-state index in [1.807, 2.05) is 0 Å². The third-order valence-corrected chi connectivity index (χ3v) is 6.58. The van der Waals surface area contributed by atoms with E-state index in [4.69, 9.17) is 9.26 Å². The molecule has 1 atom stereocenters. The molecule has 0 N–H and O–H groups in total. The monoisotopic (exact) mass is 328 g/mol. The van der Waals surface area contributed by atoms with Crippen LogP contribution >= 0.6 is 0 Å². The van der Waals surface area contributed by atoms with Crippen molar-refractivity contribution in [3.63, 3.8) is 0 Å². The van der Waals surface area contributed by atoms with Crippen molar-refractivity contribution >= 4 is 16.0 Å². The molecule has 0 amide bonds. The van der Waals surface area contributed by atoms with Gasteiger partial charge in [0.15, 0.2) is 0 Å². The first-order valence-corrected chi connectivity index (χ1v) is 8.79. The standard InChI is InChI=1S/C14H20N2O5S/c1-14(2)10(13(17)20-3)6-7-16(14)22(18,19)12-8-11(15-21-12)9-4-5-9/h8-10H,4-7H2,1-3H3. The zero-order valence-corrected chi connectivity index (χ0v) is 13.7. The number of methoxy groups -OCH3 is 1. The smallest absolute Gasteiger partial charge is 0.310 e. The minimum atomic E-state index is -3.81. The van der Waals surface area contributed by atoms with E-state index in [9.17, 15) is 13.2 Å². The molecule has 2 fully saturated rings. The lowest BCUT2D eigenvalue weighted by molar-refractivity contribution is -0.147. The van der Waals surface area contributed by atoms with Crippen LogP contribution in [-0.4, -0.2) is 43.0 Å². The maximum Gasteiger partial charge on any atom is 0.310 e. The van der Waals surface area contributed by atoms with Crippen molar-refractivity contribution in [2.75, 3.05) is 13.7 Å². The zero-order valence-electron chi connectivity index (χ0n) is 12.9. The number of rotatable bonds is 4. The second kappa shape index (κ2) is 5.06. The van der Waals surface area contributed by atoms with E-state index in [0.717, 1.165) is 12.8 Å². The Hall–Kier alpha value is -1.41. The maximum atomic E-state index is 12.8. The van der Waals surface area contributed by atoms with Crippen LogP contribution in [0, 0.1) is 5.92 Å². The number of sulfonamides is 1. The minimum Gasteiger partial charge on any atom is -0.469 e. The average Bonchev–Trinajstić information content (AvgIpc) is 3.08. The van der Waals surface area contributed by atoms with Crippen LogP contribution in [0.3, 0.4) is 0 Å². The van der Waals surface area contributed by atoms with Gasteiger partial charge in [-0.25, -0.2) is 8.42 Å². The van der Waals surface area contributed by atoms with Crippen LogP contribution in [-0.2, 0) is 19.6 Å². The highest BCUT2D eigenvalue weighted by Gasteiger charge is 2.52. The Labute approximate surface area is 129 Å². The second-order valence-electron chi connectivity index (χ2n) is 6.44. The Morgan fingerprint density at radius 2 is 2.09 bits per heavy atom. The Morgan fingerprint density at radius 3 is 2.68 bits per heavy atom. The molecule has 1 saturated heterocycles. The van der Waals surface area contributed by atoms with E-state index in [1.54, 1.807) is 13.8 Å². The summed E-state index contributed by atoms with van der Waals surface area (Å²) in [4.78, 5) is 11.9. The lowest BCUT2D eigenvalue weighted by Crippen LogP contribution is -2.48. The first-order chi connectivity index (χ1) is 10.3. The summed E-state index contributed by atoms with van der Waals surface area (Å²) in [6.45, 7) is 3.73.